The normalized spacial score (nSPS) is 17.3. The molecule has 6 heteroatoms. The van der Waals surface area contributed by atoms with Crippen molar-refractivity contribution in [2.24, 2.45) is 0 Å². The quantitative estimate of drug-likeness (QED) is 0.844. The third kappa shape index (κ3) is 3.88. The zero-order valence-electron chi connectivity index (χ0n) is 13.4. The van der Waals surface area contributed by atoms with Crippen LogP contribution in [0.15, 0.2) is 24.3 Å². The van der Waals surface area contributed by atoms with E-state index in [1.54, 1.807) is 0 Å². The first kappa shape index (κ1) is 16.4. The number of hydrogen-bond acceptors (Lipinski definition) is 6. The molecule has 23 heavy (non-hydrogen) atoms. The topological polar surface area (TPSA) is 58.5 Å². The van der Waals surface area contributed by atoms with E-state index in [0.717, 1.165) is 17.8 Å². The summed E-state index contributed by atoms with van der Waals surface area (Å²) in [5, 5.41) is 19.3. The Kier molecular flexibility index (Phi) is 5.59. The van der Waals surface area contributed by atoms with Crippen LogP contribution in [0.1, 0.15) is 41.9 Å². The summed E-state index contributed by atoms with van der Waals surface area (Å²) in [4.78, 5) is 2.31. The fourth-order valence-electron chi connectivity index (χ4n) is 3.24. The Bertz CT molecular complexity index is 632. The van der Waals surface area contributed by atoms with Gasteiger partial charge >= 0.3 is 0 Å². The molecule has 0 saturated heterocycles. The number of ether oxygens (including phenoxy) is 1. The summed E-state index contributed by atoms with van der Waals surface area (Å²) >= 11 is 1.49. The van der Waals surface area contributed by atoms with Crippen LogP contribution in [0.5, 0.6) is 5.19 Å². The standard InChI is InChI=1S/C17H23N3O2S/c1-2-22-17-19-18-16(23-17)12-20(10-11-21)15-9-5-7-13-6-3-4-8-14(13)15/h3-4,6,8,15,21H,2,5,7,9-12H2,1H3/t15-/m1/s1. The van der Waals surface area contributed by atoms with Gasteiger partial charge < -0.3 is 9.84 Å². The van der Waals surface area contributed by atoms with Gasteiger partial charge in [-0.15, -0.1) is 10.2 Å². The molecule has 0 aliphatic heterocycles. The van der Waals surface area contributed by atoms with Crippen molar-refractivity contribution in [2.45, 2.75) is 38.8 Å². The zero-order valence-corrected chi connectivity index (χ0v) is 14.3. The van der Waals surface area contributed by atoms with Crippen LogP contribution in [0.4, 0.5) is 0 Å². The van der Waals surface area contributed by atoms with Crippen LogP contribution >= 0.6 is 11.3 Å². The summed E-state index contributed by atoms with van der Waals surface area (Å²) < 4.78 is 5.41. The molecule has 1 aliphatic carbocycles. The molecule has 1 N–H and O–H groups in total. The number of aliphatic hydroxyl groups excluding tert-OH is 1. The van der Waals surface area contributed by atoms with Crippen LogP contribution in [0, 0.1) is 0 Å². The molecule has 1 atom stereocenters. The Labute approximate surface area is 140 Å². The molecular weight excluding hydrogens is 310 g/mol. The highest BCUT2D eigenvalue weighted by Gasteiger charge is 2.26. The van der Waals surface area contributed by atoms with Crippen LogP contribution in [0.3, 0.4) is 0 Å². The van der Waals surface area contributed by atoms with Gasteiger partial charge in [-0.25, -0.2) is 0 Å². The molecule has 5 nitrogen and oxygen atoms in total. The smallest absolute Gasteiger partial charge is 0.294 e. The highest BCUT2D eigenvalue weighted by atomic mass is 32.1. The van der Waals surface area contributed by atoms with Gasteiger partial charge in [0.2, 0.25) is 0 Å². The fourth-order valence-corrected chi connectivity index (χ4v) is 4.01. The predicted octanol–water partition coefficient (Wildman–Crippen LogP) is 2.81. The van der Waals surface area contributed by atoms with Crippen LogP contribution in [0.25, 0.3) is 0 Å². The van der Waals surface area contributed by atoms with Gasteiger partial charge in [-0.2, -0.15) is 0 Å². The molecule has 0 amide bonds. The second-order valence-electron chi connectivity index (χ2n) is 5.70. The SMILES string of the molecule is CCOc1nnc(CN(CCO)[C@@H]2CCCc3ccccc32)s1. The van der Waals surface area contributed by atoms with Crippen LogP contribution in [0.2, 0.25) is 0 Å². The van der Waals surface area contributed by atoms with Gasteiger partial charge in [0, 0.05) is 12.6 Å². The molecular formula is C17H23N3O2S. The Morgan fingerprint density at radius 1 is 1.35 bits per heavy atom. The summed E-state index contributed by atoms with van der Waals surface area (Å²) in [6, 6.07) is 8.99. The molecule has 124 valence electrons. The number of aliphatic hydroxyl groups is 1. The maximum absolute atomic E-state index is 9.48. The lowest BCUT2D eigenvalue weighted by atomic mass is 9.87. The van der Waals surface area contributed by atoms with E-state index < -0.39 is 0 Å². The van der Waals surface area contributed by atoms with Crippen LogP contribution < -0.4 is 4.74 Å². The van der Waals surface area contributed by atoms with Crippen molar-refractivity contribution < 1.29 is 9.84 Å². The summed E-state index contributed by atoms with van der Waals surface area (Å²) in [7, 11) is 0. The molecule has 3 rings (SSSR count). The highest BCUT2D eigenvalue weighted by Crippen LogP contribution is 2.35. The average Bonchev–Trinajstić information content (AvgIpc) is 3.01. The number of aromatic nitrogens is 2. The van der Waals surface area contributed by atoms with Crippen LogP contribution in [-0.2, 0) is 13.0 Å². The fraction of sp³-hybridized carbons (Fsp3) is 0.529. The van der Waals surface area contributed by atoms with Gasteiger partial charge in [0.05, 0.1) is 19.8 Å². The molecule has 0 saturated carbocycles. The average molecular weight is 333 g/mol. The number of benzene rings is 1. The minimum absolute atomic E-state index is 0.149. The van der Waals surface area contributed by atoms with E-state index in [0.29, 0.717) is 30.9 Å². The second-order valence-corrected chi connectivity index (χ2v) is 6.72. The summed E-state index contributed by atoms with van der Waals surface area (Å²) in [6.07, 6.45) is 3.45. The van der Waals surface area contributed by atoms with Crippen molar-refractivity contribution in [3.63, 3.8) is 0 Å². The third-order valence-corrected chi connectivity index (χ3v) is 5.04. The molecule has 1 aliphatic rings. The van der Waals surface area contributed by atoms with E-state index in [2.05, 4.69) is 39.4 Å². The van der Waals surface area contributed by atoms with Crippen LogP contribution in [-0.4, -0.2) is 40.0 Å². The summed E-state index contributed by atoms with van der Waals surface area (Å²) in [5.41, 5.74) is 2.82. The number of fused-ring (bicyclic) bond motifs is 1. The first-order valence-corrected chi connectivity index (χ1v) is 9.01. The Morgan fingerprint density at radius 2 is 2.22 bits per heavy atom. The monoisotopic (exact) mass is 333 g/mol. The van der Waals surface area contributed by atoms with E-state index in [4.69, 9.17) is 4.74 Å². The van der Waals surface area contributed by atoms with E-state index >= 15 is 0 Å². The first-order chi connectivity index (χ1) is 11.3. The number of aryl methyl sites for hydroxylation is 1. The first-order valence-electron chi connectivity index (χ1n) is 8.19. The predicted molar refractivity (Wildman–Crippen MR) is 90.7 cm³/mol. The maximum atomic E-state index is 9.48. The van der Waals surface area contributed by atoms with Gasteiger partial charge in [-0.1, -0.05) is 35.6 Å². The molecule has 0 bridgehead atoms. The molecule has 1 aromatic carbocycles. The number of rotatable bonds is 7. The van der Waals surface area contributed by atoms with Crippen molar-refractivity contribution in [1.82, 2.24) is 15.1 Å². The molecule has 1 aromatic heterocycles. The van der Waals surface area contributed by atoms with Crippen molar-refractivity contribution in [2.75, 3.05) is 19.8 Å². The Hall–Kier alpha value is -1.50. The number of nitrogens with zero attached hydrogens (tertiary/aromatic N) is 3. The minimum Gasteiger partial charge on any atom is -0.469 e. The minimum atomic E-state index is 0.149. The second kappa shape index (κ2) is 7.86. The number of hydrogen-bond donors (Lipinski definition) is 1. The Morgan fingerprint density at radius 3 is 3.04 bits per heavy atom. The summed E-state index contributed by atoms with van der Waals surface area (Å²) in [5.74, 6) is 0. The van der Waals surface area contributed by atoms with Crippen molar-refractivity contribution in [1.29, 1.82) is 0 Å². The van der Waals surface area contributed by atoms with E-state index in [1.807, 2.05) is 6.92 Å². The van der Waals surface area contributed by atoms with Gasteiger partial charge in [0.15, 0.2) is 0 Å². The molecule has 0 spiro atoms. The molecule has 0 radical (unpaired) electrons. The largest absolute Gasteiger partial charge is 0.469 e. The molecule has 0 fully saturated rings. The lowest BCUT2D eigenvalue weighted by Crippen LogP contribution is -2.33. The zero-order chi connectivity index (χ0) is 16.1. The summed E-state index contributed by atoms with van der Waals surface area (Å²) in [6.45, 7) is 4.03. The van der Waals surface area contributed by atoms with Gasteiger partial charge in [-0.05, 0) is 37.3 Å². The molecule has 0 unspecified atom stereocenters. The maximum Gasteiger partial charge on any atom is 0.294 e. The van der Waals surface area contributed by atoms with E-state index in [-0.39, 0.29) is 6.61 Å². The van der Waals surface area contributed by atoms with E-state index in [1.165, 1.54) is 28.9 Å². The lowest BCUT2D eigenvalue weighted by Gasteiger charge is -2.35. The van der Waals surface area contributed by atoms with Crippen molar-refractivity contribution >= 4 is 11.3 Å². The molecule has 1 heterocycles. The van der Waals surface area contributed by atoms with Crippen molar-refractivity contribution in [3.8, 4) is 5.19 Å². The third-order valence-electron chi connectivity index (χ3n) is 4.22. The van der Waals surface area contributed by atoms with Gasteiger partial charge in [0.25, 0.3) is 5.19 Å². The highest BCUT2D eigenvalue weighted by molar-refractivity contribution is 7.13. The lowest BCUT2D eigenvalue weighted by molar-refractivity contribution is 0.131. The van der Waals surface area contributed by atoms with Crippen molar-refractivity contribution in [3.05, 3.63) is 40.4 Å². The van der Waals surface area contributed by atoms with E-state index in [9.17, 15) is 5.11 Å². The van der Waals surface area contributed by atoms with Gasteiger partial charge in [0.1, 0.15) is 5.01 Å². The van der Waals surface area contributed by atoms with Gasteiger partial charge in [-0.3, -0.25) is 4.90 Å². The Balaban J connectivity index is 1.78. The molecule has 2 aromatic rings.